The summed E-state index contributed by atoms with van der Waals surface area (Å²) >= 11 is 0. The van der Waals surface area contributed by atoms with Crippen molar-refractivity contribution in [2.24, 2.45) is 11.1 Å². The predicted molar refractivity (Wildman–Crippen MR) is 149 cm³/mol. The van der Waals surface area contributed by atoms with E-state index in [1.807, 2.05) is 37.9 Å². The van der Waals surface area contributed by atoms with Gasteiger partial charge in [-0.1, -0.05) is 26.8 Å². The number of hydrogen-bond acceptors (Lipinski definition) is 7. The zero-order chi connectivity index (χ0) is 28.5. The topological polar surface area (TPSA) is 128 Å². The second-order valence-electron chi connectivity index (χ2n) is 12.9. The Kier molecular flexibility index (Phi) is 8.48. The van der Waals surface area contributed by atoms with Crippen LogP contribution in [0.2, 0.25) is 0 Å². The lowest BCUT2D eigenvalue weighted by atomic mass is 9.86. The maximum Gasteiger partial charge on any atom is 0.410 e. The molecule has 9 nitrogen and oxygen atoms in total. The Labute approximate surface area is 227 Å². The van der Waals surface area contributed by atoms with Crippen LogP contribution in [-0.2, 0) is 20.2 Å². The van der Waals surface area contributed by atoms with E-state index in [0.717, 1.165) is 24.1 Å². The Morgan fingerprint density at radius 3 is 2.50 bits per heavy atom. The summed E-state index contributed by atoms with van der Waals surface area (Å²) in [6, 6.07) is 8.59. The molecule has 1 fully saturated rings. The third kappa shape index (κ3) is 7.89. The van der Waals surface area contributed by atoms with E-state index in [1.165, 1.54) is 6.07 Å². The van der Waals surface area contributed by atoms with Crippen molar-refractivity contribution in [3.63, 3.8) is 0 Å². The minimum Gasteiger partial charge on any atom is -0.444 e. The van der Waals surface area contributed by atoms with Gasteiger partial charge in [-0.05, 0) is 95.0 Å². The number of primary sulfonamides is 1. The lowest BCUT2D eigenvalue weighted by Crippen LogP contribution is -2.45. The van der Waals surface area contributed by atoms with Crippen molar-refractivity contribution in [3.8, 4) is 0 Å². The third-order valence-electron chi connectivity index (χ3n) is 6.78. The fraction of sp³-hybridized carbons (Fsp3) is 0.607. The van der Waals surface area contributed by atoms with Gasteiger partial charge in [0, 0.05) is 18.3 Å². The Hall–Kier alpha value is -2.72. The second kappa shape index (κ2) is 10.8. The van der Waals surface area contributed by atoms with Crippen LogP contribution < -0.4 is 10.5 Å². The monoisotopic (exact) mass is 545 g/mol. The van der Waals surface area contributed by atoms with E-state index in [2.05, 4.69) is 56.0 Å². The standard InChI is InChI=1S/C28H43N5O4S/c1-26(2,3)20-14-15-30-22(16-20)21(31-23-10-9-11-24(32-23)38(29,35)36)13-12-19-17-28(7,8)33(18-19)25(34)37-27(4,5)6/h9-11,14-16,19,21H,12-13,17-18H2,1-8H3,(H,31,32)(H2,29,35,36)/t19-,21?/m0/s1. The van der Waals surface area contributed by atoms with Gasteiger partial charge in [-0.2, -0.15) is 0 Å². The number of likely N-dealkylation sites (tertiary alicyclic amines) is 1. The summed E-state index contributed by atoms with van der Waals surface area (Å²) in [5.74, 6) is 0.683. The van der Waals surface area contributed by atoms with E-state index in [-0.39, 0.29) is 34.0 Å². The van der Waals surface area contributed by atoms with Crippen molar-refractivity contribution in [1.82, 2.24) is 14.9 Å². The first kappa shape index (κ1) is 29.8. The number of nitrogens with two attached hydrogens (primary N) is 1. The number of hydrogen-bond donors (Lipinski definition) is 2. The van der Waals surface area contributed by atoms with Gasteiger partial charge in [0.1, 0.15) is 11.4 Å². The van der Waals surface area contributed by atoms with E-state index in [0.29, 0.717) is 18.8 Å². The van der Waals surface area contributed by atoms with Gasteiger partial charge in [-0.25, -0.2) is 23.3 Å². The summed E-state index contributed by atoms with van der Waals surface area (Å²) in [6.45, 7) is 16.8. The van der Waals surface area contributed by atoms with Gasteiger partial charge in [0.2, 0.25) is 0 Å². The summed E-state index contributed by atoms with van der Waals surface area (Å²) in [7, 11) is -3.93. The van der Waals surface area contributed by atoms with Crippen LogP contribution in [0.15, 0.2) is 41.6 Å². The largest absolute Gasteiger partial charge is 0.444 e. The highest BCUT2D eigenvalue weighted by Gasteiger charge is 2.43. The molecule has 0 aromatic carbocycles. The quantitative estimate of drug-likeness (QED) is 0.477. The fourth-order valence-corrected chi connectivity index (χ4v) is 5.35. The Morgan fingerprint density at radius 2 is 1.89 bits per heavy atom. The fourth-order valence-electron chi connectivity index (χ4n) is 4.85. The van der Waals surface area contributed by atoms with Crippen LogP contribution in [0.3, 0.4) is 0 Å². The van der Waals surface area contributed by atoms with Crippen molar-refractivity contribution < 1.29 is 17.9 Å². The van der Waals surface area contributed by atoms with E-state index in [4.69, 9.17) is 9.88 Å². The first-order valence-corrected chi connectivity index (χ1v) is 14.6. The van der Waals surface area contributed by atoms with Crippen molar-refractivity contribution in [3.05, 3.63) is 47.8 Å². The molecule has 1 unspecified atom stereocenters. The third-order valence-corrected chi connectivity index (χ3v) is 7.59. The number of carbonyl (C=O) groups excluding carboxylic acids is 1. The molecule has 3 rings (SSSR count). The number of sulfonamides is 1. The molecule has 0 saturated carbocycles. The second-order valence-corrected chi connectivity index (χ2v) is 14.4. The number of rotatable bonds is 7. The molecule has 0 radical (unpaired) electrons. The number of ether oxygens (including phenoxy) is 1. The molecule has 2 aromatic rings. The van der Waals surface area contributed by atoms with Gasteiger partial charge < -0.3 is 15.0 Å². The number of nitrogens with one attached hydrogen (secondary N) is 1. The van der Waals surface area contributed by atoms with Gasteiger partial charge in [-0.15, -0.1) is 0 Å². The van der Waals surface area contributed by atoms with Crippen LogP contribution >= 0.6 is 0 Å². The van der Waals surface area contributed by atoms with Crippen LogP contribution in [0, 0.1) is 5.92 Å². The zero-order valence-corrected chi connectivity index (χ0v) is 24.7. The Morgan fingerprint density at radius 1 is 1.21 bits per heavy atom. The Bertz CT molecular complexity index is 1250. The molecule has 1 aliphatic heterocycles. The van der Waals surface area contributed by atoms with Gasteiger partial charge in [-0.3, -0.25) is 4.98 Å². The molecule has 3 N–H and O–H groups in total. The minimum absolute atomic E-state index is 0.0581. The van der Waals surface area contributed by atoms with Crippen molar-refractivity contribution in [2.75, 3.05) is 11.9 Å². The molecule has 2 aromatic heterocycles. The van der Waals surface area contributed by atoms with E-state index in [1.54, 1.807) is 12.1 Å². The van der Waals surface area contributed by atoms with Crippen molar-refractivity contribution in [2.45, 2.75) is 102 Å². The van der Waals surface area contributed by atoms with Crippen LogP contribution in [0.5, 0.6) is 0 Å². The summed E-state index contributed by atoms with van der Waals surface area (Å²) in [4.78, 5) is 23.6. The maximum atomic E-state index is 12.9. The first-order chi connectivity index (χ1) is 17.3. The summed E-state index contributed by atoms with van der Waals surface area (Å²) in [5.41, 5.74) is 1.08. The summed E-state index contributed by atoms with van der Waals surface area (Å²) in [5, 5.41) is 8.51. The lowest BCUT2D eigenvalue weighted by Gasteiger charge is -2.33. The molecule has 1 amide bonds. The van der Waals surface area contributed by atoms with E-state index in [9.17, 15) is 13.2 Å². The summed E-state index contributed by atoms with van der Waals surface area (Å²) < 4.78 is 29.4. The highest BCUT2D eigenvalue weighted by Crippen LogP contribution is 2.38. The van der Waals surface area contributed by atoms with Gasteiger partial charge in [0.05, 0.1) is 11.7 Å². The number of anilines is 1. The van der Waals surface area contributed by atoms with Crippen molar-refractivity contribution in [1.29, 1.82) is 0 Å². The smallest absolute Gasteiger partial charge is 0.410 e. The molecular weight excluding hydrogens is 502 g/mol. The molecule has 0 spiro atoms. The molecule has 210 valence electrons. The molecule has 3 heterocycles. The molecule has 10 heteroatoms. The van der Waals surface area contributed by atoms with Crippen molar-refractivity contribution >= 4 is 21.9 Å². The van der Waals surface area contributed by atoms with Gasteiger partial charge in [0.25, 0.3) is 10.0 Å². The first-order valence-electron chi connectivity index (χ1n) is 13.1. The normalized spacial score (nSPS) is 18.8. The lowest BCUT2D eigenvalue weighted by molar-refractivity contribution is 0.0130. The van der Waals surface area contributed by atoms with Gasteiger partial charge in [0.15, 0.2) is 5.03 Å². The highest BCUT2D eigenvalue weighted by atomic mass is 32.2. The molecule has 38 heavy (non-hydrogen) atoms. The number of nitrogens with zero attached hydrogens (tertiary/aromatic N) is 3. The number of carbonyl (C=O) groups is 1. The average molecular weight is 546 g/mol. The molecule has 1 aliphatic rings. The van der Waals surface area contributed by atoms with Gasteiger partial charge >= 0.3 is 6.09 Å². The molecule has 0 bridgehead atoms. The van der Waals surface area contributed by atoms with E-state index < -0.39 is 15.6 Å². The minimum atomic E-state index is -3.93. The molecule has 2 atom stereocenters. The molecular formula is C28H43N5O4S. The van der Waals surface area contributed by atoms with Crippen LogP contribution in [0.4, 0.5) is 10.6 Å². The predicted octanol–water partition coefficient (Wildman–Crippen LogP) is 5.39. The molecule has 1 saturated heterocycles. The van der Waals surface area contributed by atoms with Crippen LogP contribution in [-0.4, -0.2) is 47.1 Å². The highest BCUT2D eigenvalue weighted by molar-refractivity contribution is 7.89. The maximum absolute atomic E-state index is 12.9. The summed E-state index contributed by atoms with van der Waals surface area (Å²) in [6.07, 6.45) is 3.92. The van der Waals surface area contributed by atoms with E-state index >= 15 is 0 Å². The number of pyridine rings is 2. The Balaban J connectivity index is 1.84. The SMILES string of the molecule is CC(C)(C)OC(=O)N1C[C@@H](CCC(Nc2cccc(S(N)(=O)=O)n2)c2cc(C(C)(C)C)ccn2)CC1(C)C. The number of amides is 1. The average Bonchev–Trinajstić information content (AvgIpc) is 3.09. The number of aromatic nitrogens is 2. The van der Waals surface area contributed by atoms with Crippen LogP contribution in [0.25, 0.3) is 0 Å². The zero-order valence-electron chi connectivity index (χ0n) is 23.9. The van der Waals surface area contributed by atoms with Crippen LogP contribution in [0.1, 0.15) is 92.0 Å². The molecule has 0 aliphatic carbocycles.